The van der Waals surface area contributed by atoms with Crippen LogP contribution in [0.3, 0.4) is 0 Å². The number of nitrogens with zero attached hydrogens (tertiary/aromatic N) is 2. The van der Waals surface area contributed by atoms with Crippen LogP contribution < -0.4 is 10.6 Å². The van der Waals surface area contributed by atoms with Crippen molar-refractivity contribution in [2.24, 2.45) is 10.9 Å². The molecule has 0 radical (unpaired) electrons. The van der Waals surface area contributed by atoms with Crippen LogP contribution in [-0.2, 0) is 11.2 Å². The molecule has 5 heteroatoms. The van der Waals surface area contributed by atoms with Crippen molar-refractivity contribution < 1.29 is 4.74 Å². The number of benzene rings is 1. The van der Waals surface area contributed by atoms with E-state index in [1.54, 1.807) is 0 Å². The van der Waals surface area contributed by atoms with Crippen molar-refractivity contribution in [3.05, 3.63) is 35.9 Å². The summed E-state index contributed by atoms with van der Waals surface area (Å²) in [7, 11) is 1.84. The number of unbranched alkanes of at least 4 members (excludes halogenated alkanes) is 1. The van der Waals surface area contributed by atoms with E-state index in [0.29, 0.717) is 0 Å². The Bertz CT molecular complexity index is 527. The van der Waals surface area contributed by atoms with Gasteiger partial charge in [0.1, 0.15) is 0 Å². The highest BCUT2D eigenvalue weighted by Gasteiger charge is 2.14. The van der Waals surface area contributed by atoms with Gasteiger partial charge in [-0.15, -0.1) is 0 Å². The van der Waals surface area contributed by atoms with Crippen LogP contribution in [0, 0.1) is 5.92 Å². The SMILES string of the molecule is CN=C(NCCCCOCCc1ccccc1)NCCCN1CCC(C)CC1. The number of ether oxygens (including phenoxy) is 1. The molecule has 1 aromatic carbocycles. The Kier molecular flexibility index (Phi) is 11.7. The highest BCUT2D eigenvalue weighted by molar-refractivity contribution is 5.79. The van der Waals surface area contributed by atoms with Gasteiger partial charge in [0.15, 0.2) is 5.96 Å². The van der Waals surface area contributed by atoms with E-state index in [4.69, 9.17) is 4.74 Å². The summed E-state index contributed by atoms with van der Waals surface area (Å²) in [6.07, 6.45) is 7.04. The van der Waals surface area contributed by atoms with Gasteiger partial charge in [-0.3, -0.25) is 4.99 Å². The zero-order valence-corrected chi connectivity index (χ0v) is 18.0. The minimum absolute atomic E-state index is 0.802. The summed E-state index contributed by atoms with van der Waals surface area (Å²) < 4.78 is 5.74. The van der Waals surface area contributed by atoms with Crippen molar-refractivity contribution in [1.29, 1.82) is 0 Å². The average molecular weight is 389 g/mol. The highest BCUT2D eigenvalue weighted by Crippen LogP contribution is 2.15. The maximum Gasteiger partial charge on any atom is 0.190 e. The third-order valence-electron chi connectivity index (χ3n) is 5.43. The predicted octanol–water partition coefficient (Wildman–Crippen LogP) is 3.31. The maximum atomic E-state index is 5.74. The smallest absolute Gasteiger partial charge is 0.190 e. The monoisotopic (exact) mass is 388 g/mol. The van der Waals surface area contributed by atoms with Gasteiger partial charge < -0.3 is 20.3 Å². The van der Waals surface area contributed by atoms with Crippen LogP contribution in [-0.4, -0.2) is 63.8 Å². The first-order valence-corrected chi connectivity index (χ1v) is 11.1. The Morgan fingerprint density at radius 3 is 2.46 bits per heavy atom. The molecule has 0 spiro atoms. The minimum atomic E-state index is 0.802. The molecule has 5 nitrogen and oxygen atoms in total. The third-order valence-corrected chi connectivity index (χ3v) is 5.43. The molecule has 0 saturated carbocycles. The number of aliphatic imine (C=N–C) groups is 1. The second-order valence-corrected chi connectivity index (χ2v) is 7.86. The summed E-state index contributed by atoms with van der Waals surface area (Å²) in [5.74, 6) is 1.82. The van der Waals surface area contributed by atoms with Crippen molar-refractivity contribution in [3.8, 4) is 0 Å². The number of piperidine rings is 1. The first-order chi connectivity index (χ1) is 13.8. The summed E-state index contributed by atoms with van der Waals surface area (Å²) in [5.41, 5.74) is 1.34. The van der Waals surface area contributed by atoms with Crippen molar-refractivity contribution in [1.82, 2.24) is 15.5 Å². The number of rotatable bonds is 12. The molecule has 0 aromatic heterocycles. The maximum absolute atomic E-state index is 5.74. The van der Waals surface area contributed by atoms with Crippen molar-refractivity contribution in [2.45, 2.75) is 45.4 Å². The normalized spacial score (nSPS) is 16.3. The second kappa shape index (κ2) is 14.4. The molecular formula is C23H40N4O. The second-order valence-electron chi connectivity index (χ2n) is 7.86. The Morgan fingerprint density at radius 1 is 1.04 bits per heavy atom. The molecule has 1 heterocycles. The lowest BCUT2D eigenvalue weighted by Crippen LogP contribution is -2.40. The topological polar surface area (TPSA) is 48.9 Å². The molecule has 0 amide bonds. The van der Waals surface area contributed by atoms with Gasteiger partial charge in [-0.05, 0) is 69.6 Å². The van der Waals surface area contributed by atoms with E-state index < -0.39 is 0 Å². The molecule has 0 unspecified atom stereocenters. The van der Waals surface area contributed by atoms with Gasteiger partial charge in [0.05, 0.1) is 6.61 Å². The fraction of sp³-hybridized carbons (Fsp3) is 0.696. The zero-order valence-electron chi connectivity index (χ0n) is 18.0. The van der Waals surface area contributed by atoms with Gasteiger partial charge in [-0.25, -0.2) is 0 Å². The van der Waals surface area contributed by atoms with Gasteiger partial charge in [0, 0.05) is 26.7 Å². The Hall–Kier alpha value is -1.59. The molecule has 1 fully saturated rings. The van der Waals surface area contributed by atoms with Crippen molar-refractivity contribution in [2.75, 3.05) is 53.0 Å². The number of nitrogens with one attached hydrogen (secondary N) is 2. The van der Waals surface area contributed by atoms with E-state index in [1.165, 1.54) is 44.5 Å². The van der Waals surface area contributed by atoms with Crippen LogP contribution in [0.2, 0.25) is 0 Å². The van der Waals surface area contributed by atoms with Gasteiger partial charge >= 0.3 is 0 Å². The van der Waals surface area contributed by atoms with E-state index in [-0.39, 0.29) is 0 Å². The van der Waals surface area contributed by atoms with Gasteiger partial charge in [0.2, 0.25) is 0 Å². The largest absolute Gasteiger partial charge is 0.381 e. The lowest BCUT2D eigenvalue weighted by Gasteiger charge is -2.30. The van der Waals surface area contributed by atoms with Crippen LogP contribution in [0.4, 0.5) is 0 Å². The minimum Gasteiger partial charge on any atom is -0.381 e. The molecular weight excluding hydrogens is 348 g/mol. The Balaban J connectivity index is 1.40. The summed E-state index contributed by atoms with van der Waals surface area (Å²) in [6, 6.07) is 10.5. The number of guanidine groups is 1. The first-order valence-electron chi connectivity index (χ1n) is 11.1. The lowest BCUT2D eigenvalue weighted by atomic mass is 9.99. The molecule has 158 valence electrons. The van der Waals surface area contributed by atoms with Gasteiger partial charge in [-0.2, -0.15) is 0 Å². The number of hydrogen-bond acceptors (Lipinski definition) is 3. The molecule has 1 aliphatic rings. The first kappa shape index (κ1) is 22.7. The van der Waals surface area contributed by atoms with Crippen LogP contribution in [0.25, 0.3) is 0 Å². The van der Waals surface area contributed by atoms with E-state index in [2.05, 4.69) is 57.8 Å². The molecule has 28 heavy (non-hydrogen) atoms. The van der Waals surface area contributed by atoms with Crippen LogP contribution >= 0.6 is 0 Å². The molecule has 0 aliphatic carbocycles. The molecule has 2 N–H and O–H groups in total. The van der Waals surface area contributed by atoms with E-state index in [9.17, 15) is 0 Å². The highest BCUT2D eigenvalue weighted by atomic mass is 16.5. The van der Waals surface area contributed by atoms with E-state index in [0.717, 1.165) is 57.4 Å². The third kappa shape index (κ3) is 10.1. The van der Waals surface area contributed by atoms with E-state index in [1.807, 2.05) is 7.05 Å². The van der Waals surface area contributed by atoms with Crippen LogP contribution in [0.5, 0.6) is 0 Å². The molecule has 1 aromatic rings. The molecule has 1 saturated heterocycles. The predicted molar refractivity (Wildman–Crippen MR) is 119 cm³/mol. The van der Waals surface area contributed by atoms with Crippen molar-refractivity contribution in [3.63, 3.8) is 0 Å². The van der Waals surface area contributed by atoms with Crippen LogP contribution in [0.15, 0.2) is 35.3 Å². The summed E-state index contributed by atoms with van der Waals surface area (Å²) in [4.78, 5) is 6.91. The number of likely N-dealkylation sites (tertiary alicyclic amines) is 1. The van der Waals surface area contributed by atoms with Crippen LogP contribution in [0.1, 0.15) is 44.6 Å². The Labute approximate surface area is 171 Å². The fourth-order valence-corrected chi connectivity index (χ4v) is 3.49. The summed E-state index contributed by atoms with van der Waals surface area (Å²) >= 11 is 0. The summed E-state index contributed by atoms with van der Waals surface area (Å²) in [5, 5.41) is 6.83. The molecule has 0 atom stereocenters. The fourth-order valence-electron chi connectivity index (χ4n) is 3.49. The quantitative estimate of drug-likeness (QED) is 0.328. The van der Waals surface area contributed by atoms with Crippen molar-refractivity contribution >= 4 is 5.96 Å². The molecule has 0 bridgehead atoms. The van der Waals surface area contributed by atoms with Gasteiger partial charge in [0.25, 0.3) is 0 Å². The molecule has 1 aliphatic heterocycles. The van der Waals surface area contributed by atoms with Gasteiger partial charge in [-0.1, -0.05) is 37.3 Å². The standard InChI is InChI=1S/C23H40N4O/c1-21-11-17-27(18-12-21)16-8-15-26-23(24-2)25-14-6-7-19-28-20-13-22-9-4-3-5-10-22/h3-5,9-10,21H,6-8,11-20H2,1-2H3,(H2,24,25,26). The average Bonchev–Trinajstić information content (AvgIpc) is 2.73. The zero-order chi connectivity index (χ0) is 19.9. The number of hydrogen-bond donors (Lipinski definition) is 2. The van der Waals surface area contributed by atoms with E-state index >= 15 is 0 Å². The Morgan fingerprint density at radius 2 is 1.75 bits per heavy atom. The molecule has 2 rings (SSSR count). The lowest BCUT2D eigenvalue weighted by molar-refractivity contribution is 0.133. The summed E-state index contributed by atoms with van der Waals surface area (Å²) in [6.45, 7) is 9.64.